The SMILES string of the molecule is CN=C(NCCCSC)NCCn1cccc1. The van der Waals surface area contributed by atoms with Gasteiger partial charge in [0.15, 0.2) is 5.96 Å². The molecule has 0 fully saturated rings. The van der Waals surface area contributed by atoms with Crippen molar-refractivity contribution < 1.29 is 0 Å². The highest BCUT2D eigenvalue weighted by Crippen LogP contribution is 1.93. The van der Waals surface area contributed by atoms with E-state index in [1.54, 1.807) is 7.05 Å². The van der Waals surface area contributed by atoms with Crippen LogP contribution >= 0.6 is 11.8 Å². The van der Waals surface area contributed by atoms with E-state index >= 15 is 0 Å². The average molecular weight is 254 g/mol. The number of guanidine groups is 1. The molecule has 17 heavy (non-hydrogen) atoms. The minimum absolute atomic E-state index is 0.886. The maximum atomic E-state index is 4.18. The summed E-state index contributed by atoms with van der Waals surface area (Å²) in [4.78, 5) is 4.18. The second-order valence-corrected chi connectivity index (χ2v) is 4.68. The molecule has 0 saturated carbocycles. The van der Waals surface area contributed by atoms with Crippen LogP contribution in [-0.4, -0.2) is 42.7 Å². The maximum absolute atomic E-state index is 4.18. The number of aromatic nitrogens is 1. The minimum atomic E-state index is 0.886. The highest BCUT2D eigenvalue weighted by atomic mass is 32.2. The van der Waals surface area contributed by atoms with E-state index in [0.29, 0.717) is 0 Å². The summed E-state index contributed by atoms with van der Waals surface area (Å²) in [5, 5.41) is 6.60. The van der Waals surface area contributed by atoms with Gasteiger partial charge in [-0.3, -0.25) is 4.99 Å². The van der Waals surface area contributed by atoms with Crippen LogP contribution in [0.3, 0.4) is 0 Å². The van der Waals surface area contributed by atoms with Crippen molar-refractivity contribution in [1.82, 2.24) is 15.2 Å². The van der Waals surface area contributed by atoms with Crippen molar-refractivity contribution in [2.45, 2.75) is 13.0 Å². The Bertz CT molecular complexity index is 308. The number of thioether (sulfide) groups is 1. The summed E-state index contributed by atoms with van der Waals surface area (Å²) in [6.45, 7) is 2.82. The highest BCUT2D eigenvalue weighted by Gasteiger charge is 1.96. The van der Waals surface area contributed by atoms with E-state index in [9.17, 15) is 0 Å². The Morgan fingerprint density at radius 3 is 2.59 bits per heavy atom. The molecule has 0 bridgehead atoms. The fraction of sp³-hybridized carbons (Fsp3) is 0.583. The van der Waals surface area contributed by atoms with Crippen molar-refractivity contribution >= 4 is 17.7 Å². The summed E-state index contributed by atoms with van der Waals surface area (Å²) in [7, 11) is 1.81. The van der Waals surface area contributed by atoms with Gasteiger partial charge in [-0.25, -0.2) is 0 Å². The first-order valence-corrected chi connectivity index (χ1v) is 7.30. The summed E-state index contributed by atoms with van der Waals surface area (Å²) < 4.78 is 2.15. The smallest absolute Gasteiger partial charge is 0.191 e. The molecule has 0 atom stereocenters. The van der Waals surface area contributed by atoms with Gasteiger partial charge in [-0.05, 0) is 30.6 Å². The van der Waals surface area contributed by atoms with Crippen molar-refractivity contribution in [2.75, 3.05) is 32.1 Å². The Labute approximate surface area is 108 Å². The molecule has 4 nitrogen and oxygen atoms in total. The topological polar surface area (TPSA) is 41.4 Å². The predicted molar refractivity (Wildman–Crippen MR) is 76.8 cm³/mol. The van der Waals surface area contributed by atoms with Crippen LogP contribution in [0.15, 0.2) is 29.5 Å². The van der Waals surface area contributed by atoms with Crippen molar-refractivity contribution in [3.05, 3.63) is 24.5 Å². The Balaban J connectivity index is 2.10. The van der Waals surface area contributed by atoms with Gasteiger partial charge in [0.2, 0.25) is 0 Å². The highest BCUT2D eigenvalue weighted by molar-refractivity contribution is 7.98. The minimum Gasteiger partial charge on any atom is -0.356 e. The van der Waals surface area contributed by atoms with E-state index in [2.05, 4.69) is 38.8 Å². The van der Waals surface area contributed by atoms with Crippen LogP contribution in [0.2, 0.25) is 0 Å². The van der Waals surface area contributed by atoms with Crippen LogP contribution in [-0.2, 0) is 6.54 Å². The third-order valence-electron chi connectivity index (χ3n) is 2.37. The lowest BCUT2D eigenvalue weighted by Crippen LogP contribution is -2.39. The Hall–Kier alpha value is -1.10. The molecule has 5 heteroatoms. The van der Waals surface area contributed by atoms with Gasteiger partial charge in [0.05, 0.1) is 0 Å². The molecule has 0 aromatic carbocycles. The molecule has 0 aliphatic carbocycles. The average Bonchev–Trinajstić information content (AvgIpc) is 2.85. The van der Waals surface area contributed by atoms with E-state index in [1.807, 2.05) is 23.9 Å². The molecule has 1 rings (SSSR count). The van der Waals surface area contributed by atoms with Gasteiger partial charge in [-0.15, -0.1) is 0 Å². The molecule has 1 aromatic heterocycles. The first-order valence-electron chi connectivity index (χ1n) is 5.91. The molecule has 1 aromatic rings. The molecule has 0 radical (unpaired) electrons. The van der Waals surface area contributed by atoms with E-state index < -0.39 is 0 Å². The number of rotatable bonds is 7. The van der Waals surface area contributed by atoms with Gasteiger partial charge in [0.25, 0.3) is 0 Å². The fourth-order valence-electron chi connectivity index (χ4n) is 1.47. The van der Waals surface area contributed by atoms with E-state index in [4.69, 9.17) is 0 Å². The number of hydrogen-bond acceptors (Lipinski definition) is 2. The maximum Gasteiger partial charge on any atom is 0.191 e. The quantitative estimate of drug-likeness (QED) is 0.439. The standard InChI is InChI=1S/C12H22N4S/c1-13-12(14-6-5-11-17-2)15-7-10-16-8-3-4-9-16/h3-4,8-9H,5-7,10-11H2,1-2H3,(H2,13,14,15). The van der Waals surface area contributed by atoms with Gasteiger partial charge in [-0.2, -0.15) is 11.8 Å². The molecule has 1 heterocycles. The molecule has 0 unspecified atom stereocenters. The van der Waals surface area contributed by atoms with Crippen molar-refractivity contribution in [3.8, 4) is 0 Å². The summed E-state index contributed by atoms with van der Waals surface area (Å²) >= 11 is 1.87. The lowest BCUT2D eigenvalue weighted by molar-refractivity contribution is 0.664. The molecular formula is C12H22N4S. The first kappa shape index (κ1) is 14.0. The summed E-state index contributed by atoms with van der Waals surface area (Å²) in [6, 6.07) is 4.07. The normalized spacial score (nSPS) is 11.5. The van der Waals surface area contributed by atoms with Crippen LogP contribution < -0.4 is 10.6 Å². The van der Waals surface area contributed by atoms with Gasteiger partial charge < -0.3 is 15.2 Å². The fourth-order valence-corrected chi connectivity index (χ4v) is 1.90. The third-order valence-corrected chi connectivity index (χ3v) is 3.07. The Kier molecular flexibility index (Phi) is 7.38. The van der Waals surface area contributed by atoms with Crippen molar-refractivity contribution in [1.29, 1.82) is 0 Å². The largest absolute Gasteiger partial charge is 0.356 e. The second kappa shape index (κ2) is 8.98. The van der Waals surface area contributed by atoms with Crippen molar-refractivity contribution in [3.63, 3.8) is 0 Å². The number of nitrogens with zero attached hydrogens (tertiary/aromatic N) is 2. The number of hydrogen-bond donors (Lipinski definition) is 2. The zero-order valence-electron chi connectivity index (χ0n) is 10.6. The lowest BCUT2D eigenvalue weighted by atomic mass is 10.5. The Morgan fingerprint density at radius 1 is 1.24 bits per heavy atom. The van der Waals surface area contributed by atoms with Crippen LogP contribution in [0, 0.1) is 0 Å². The number of aliphatic imine (C=N–C) groups is 1. The molecule has 2 N–H and O–H groups in total. The van der Waals surface area contributed by atoms with Gasteiger partial charge in [0, 0.05) is 39.1 Å². The van der Waals surface area contributed by atoms with E-state index in [-0.39, 0.29) is 0 Å². The van der Waals surface area contributed by atoms with Crippen LogP contribution in [0.4, 0.5) is 0 Å². The van der Waals surface area contributed by atoms with Gasteiger partial charge in [-0.1, -0.05) is 0 Å². The predicted octanol–water partition coefficient (Wildman–Crippen LogP) is 1.41. The zero-order chi connectivity index (χ0) is 12.3. The van der Waals surface area contributed by atoms with E-state index in [1.165, 1.54) is 12.2 Å². The molecule has 0 amide bonds. The molecular weight excluding hydrogens is 232 g/mol. The molecule has 0 aliphatic heterocycles. The van der Waals surface area contributed by atoms with Crippen LogP contribution in [0.1, 0.15) is 6.42 Å². The third kappa shape index (κ3) is 6.26. The summed E-state index contributed by atoms with van der Waals surface area (Å²) in [5.74, 6) is 2.08. The van der Waals surface area contributed by atoms with Crippen LogP contribution in [0.5, 0.6) is 0 Å². The summed E-state index contributed by atoms with van der Waals surface area (Å²) in [5.41, 5.74) is 0. The zero-order valence-corrected chi connectivity index (χ0v) is 11.5. The summed E-state index contributed by atoms with van der Waals surface area (Å²) in [6.07, 6.45) is 7.43. The number of nitrogens with one attached hydrogen (secondary N) is 2. The van der Waals surface area contributed by atoms with E-state index in [0.717, 1.165) is 25.6 Å². The van der Waals surface area contributed by atoms with Gasteiger partial charge >= 0.3 is 0 Å². The molecule has 96 valence electrons. The molecule has 0 saturated heterocycles. The lowest BCUT2D eigenvalue weighted by Gasteiger charge is -2.11. The monoisotopic (exact) mass is 254 g/mol. The van der Waals surface area contributed by atoms with Gasteiger partial charge in [0.1, 0.15) is 0 Å². The van der Waals surface area contributed by atoms with Crippen LogP contribution in [0.25, 0.3) is 0 Å². The second-order valence-electron chi connectivity index (χ2n) is 3.69. The Morgan fingerprint density at radius 2 is 1.94 bits per heavy atom. The molecule has 0 aliphatic rings. The first-order chi connectivity index (χ1) is 8.36. The molecule has 0 spiro atoms. The van der Waals surface area contributed by atoms with Crippen molar-refractivity contribution in [2.24, 2.45) is 4.99 Å².